The van der Waals surface area contributed by atoms with Crippen molar-refractivity contribution in [3.63, 3.8) is 0 Å². The van der Waals surface area contributed by atoms with Gasteiger partial charge < -0.3 is 19.9 Å². The predicted octanol–water partition coefficient (Wildman–Crippen LogP) is 1.40. The highest BCUT2D eigenvalue weighted by Gasteiger charge is 2.21. The maximum Gasteiger partial charge on any atom is 0.212 e. The zero-order valence-electron chi connectivity index (χ0n) is 15.5. The van der Waals surface area contributed by atoms with Crippen LogP contribution >= 0.6 is 11.5 Å². The summed E-state index contributed by atoms with van der Waals surface area (Å²) in [4.78, 5) is 17.8. The number of aryl methyl sites for hydroxylation is 1. The van der Waals surface area contributed by atoms with Gasteiger partial charge in [0.25, 0.3) is 0 Å². The number of methoxy groups -OCH3 is 1. The Morgan fingerprint density at radius 1 is 1.31 bits per heavy atom. The molecule has 0 saturated carbocycles. The number of nitrogens with one attached hydrogen (secondary N) is 1. The second kappa shape index (κ2) is 8.79. The van der Waals surface area contributed by atoms with Crippen LogP contribution in [0.2, 0.25) is 0 Å². The first kappa shape index (κ1) is 18.4. The highest BCUT2D eigenvalue weighted by molar-refractivity contribution is 7.09. The molecule has 0 atom stereocenters. The second-order valence-electron chi connectivity index (χ2n) is 5.93. The molecule has 0 spiro atoms. The van der Waals surface area contributed by atoms with Crippen molar-refractivity contribution in [3.8, 4) is 5.88 Å². The number of guanidine groups is 1. The van der Waals surface area contributed by atoms with E-state index in [9.17, 15) is 0 Å². The van der Waals surface area contributed by atoms with E-state index in [1.807, 2.05) is 25.4 Å². The molecule has 1 saturated heterocycles. The molecule has 0 amide bonds. The van der Waals surface area contributed by atoms with Gasteiger partial charge in [-0.25, -0.2) is 9.97 Å². The Balaban J connectivity index is 1.51. The third-order valence-corrected chi connectivity index (χ3v) is 5.11. The predicted molar refractivity (Wildman–Crippen MR) is 104 cm³/mol. The Hall–Kier alpha value is -2.42. The summed E-state index contributed by atoms with van der Waals surface area (Å²) in [6.45, 7) is 6.41. The minimum Gasteiger partial charge on any atom is -0.481 e. The molecule has 1 fully saturated rings. The highest BCUT2D eigenvalue weighted by Crippen LogP contribution is 2.19. The van der Waals surface area contributed by atoms with Gasteiger partial charge in [-0.05, 0) is 5.56 Å². The average Bonchev–Trinajstić information content (AvgIpc) is 3.19. The quantitative estimate of drug-likeness (QED) is 0.625. The van der Waals surface area contributed by atoms with Crippen LogP contribution < -0.4 is 15.0 Å². The first-order valence-corrected chi connectivity index (χ1v) is 9.53. The topological polar surface area (TPSA) is 78.8 Å². The summed E-state index contributed by atoms with van der Waals surface area (Å²) in [6.07, 6.45) is 2.70. The summed E-state index contributed by atoms with van der Waals surface area (Å²) in [6, 6.07) is 3.87. The number of pyridine rings is 1. The standard InChI is InChI=1S/C17H25N7OS/c1-4-14-21-17(26-22-14)24-9-7-23(8-10-24)16(18-2)20-12-13-5-6-15(25-3)19-11-13/h5-6,11H,4,7-10,12H2,1-3H3,(H,18,20). The highest BCUT2D eigenvalue weighted by atomic mass is 32.1. The van der Waals surface area contributed by atoms with Crippen molar-refractivity contribution in [3.05, 3.63) is 29.7 Å². The van der Waals surface area contributed by atoms with Crippen molar-refractivity contribution in [2.45, 2.75) is 19.9 Å². The third kappa shape index (κ3) is 4.40. The molecule has 8 nitrogen and oxygen atoms in total. The molecule has 3 rings (SSSR count). The first-order chi connectivity index (χ1) is 12.7. The van der Waals surface area contributed by atoms with E-state index in [1.54, 1.807) is 7.11 Å². The fourth-order valence-corrected chi connectivity index (χ4v) is 3.58. The van der Waals surface area contributed by atoms with Crippen LogP contribution in [0.5, 0.6) is 5.88 Å². The Labute approximate surface area is 158 Å². The van der Waals surface area contributed by atoms with Crippen molar-refractivity contribution in [1.29, 1.82) is 0 Å². The van der Waals surface area contributed by atoms with Crippen LogP contribution in [-0.4, -0.2) is 65.5 Å². The molecular weight excluding hydrogens is 350 g/mol. The molecule has 1 aliphatic heterocycles. The molecule has 1 aliphatic rings. The lowest BCUT2D eigenvalue weighted by Crippen LogP contribution is -2.52. The summed E-state index contributed by atoms with van der Waals surface area (Å²) >= 11 is 1.49. The van der Waals surface area contributed by atoms with E-state index in [1.165, 1.54) is 11.5 Å². The Bertz CT molecular complexity index is 723. The maximum atomic E-state index is 5.09. The third-order valence-electron chi connectivity index (χ3n) is 4.29. The summed E-state index contributed by atoms with van der Waals surface area (Å²) in [5.74, 6) is 2.46. The van der Waals surface area contributed by atoms with Crippen LogP contribution in [0.4, 0.5) is 5.13 Å². The van der Waals surface area contributed by atoms with E-state index in [0.29, 0.717) is 12.4 Å². The van der Waals surface area contributed by atoms with E-state index >= 15 is 0 Å². The Kier molecular flexibility index (Phi) is 6.21. The summed E-state index contributed by atoms with van der Waals surface area (Å²) in [5.41, 5.74) is 1.09. The van der Waals surface area contributed by atoms with Gasteiger partial charge >= 0.3 is 0 Å². The number of aliphatic imine (C=N–C) groups is 1. The molecule has 0 aromatic carbocycles. The molecular formula is C17H25N7OS. The molecule has 0 unspecified atom stereocenters. The zero-order valence-corrected chi connectivity index (χ0v) is 16.3. The number of anilines is 1. The van der Waals surface area contributed by atoms with Crippen LogP contribution in [0.25, 0.3) is 0 Å². The zero-order chi connectivity index (χ0) is 18.4. The number of hydrogen-bond donors (Lipinski definition) is 1. The van der Waals surface area contributed by atoms with Crippen molar-refractivity contribution in [2.75, 3.05) is 45.2 Å². The lowest BCUT2D eigenvalue weighted by atomic mass is 10.3. The molecule has 0 aliphatic carbocycles. The number of nitrogens with zero attached hydrogens (tertiary/aromatic N) is 6. The fraction of sp³-hybridized carbons (Fsp3) is 0.529. The van der Waals surface area contributed by atoms with Gasteiger partial charge in [0.05, 0.1) is 7.11 Å². The van der Waals surface area contributed by atoms with Crippen LogP contribution in [0.15, 0.2) is 23.3 Å². The van der Waals surface area contributed by atoms with Crippen LogP contribution in [0.3, 0.4) is 0 Å². The number of ether oxygens (including phenoxy) is 1. The number of piperazine rings is 1. The fourth-order valence-electron chi connectivity index (χ4n) is 2.78. The van der Waals surface area contributed by atoms with Crippen LogP contribution in [0.1, 0.15) is 18.3 Å². The molecule has 0 radical (unpaired) electrons. The lowest BCUT2D eigenvalue weighted by molar-refractivity contribution is 0.372. The van der Waals surface area contributed by atoms with Gasteiger partial charge in [0, 0.05) is 70.0 Å². The van der Waals surface area contributed by atoms with Gasteiger partial charge in [-0.15, -0.1) is 0 Å². The Morgan fingerprint density at radius 2 is 2.12 bits per heavy atom. The van der Waals surface area contributed by atoms with Crippen LogP contribution in [0, 0.1) is 0 Å². The monoisotopic (exact) mass is 375 g/mol. The number of hydrogen-bond acceptors (Lipinski definition) is 7. The molecule has 140 valence electrons. The van der Waals surface area contributed by atoms with Gasteiger partial charge in [-0.1, -0.05) is 13.0 Å². The van der Waals surface area contributed by atoms with Crippen molar-refractivity contribution in [2.24, 2.45) is 4.99 Å². The molecule has 0 bridgehead atoms. The second-order valence-corrected chi connectivity index (χ2v) is 6.66. The van der Waals surface area contributed by atoms with Gasteiger partial charge in [0.1, 0.15) is 5.82 Å². The maximum absolute atomic E-state index is 5.09. The largest absolute Gasteiger partial charge is 0.481 e. The Morgan fingerprint density at radius 3 is 2.69 bits per heavy atom. The van der Waals surface area contributed by atoms with E-state index in [-0.39, 0.29) is 0 Å². The number of aromatic nitrogens is 3. The smallest absolute Gasteiger partial charge is 0.212 e. The average molecular weight is 376 g/mol. The molecule has 1 N–H and O–H groups in total. The summed E-state index contributed by atoms with van der Waals surface area (Å²) in [7, 11) is 3.44. The molecule has 2 aromatic rings. The summed E-state index contributed by atoms with van der Waals surface area (Å²) in [5, 5.41) is 4.43. The normalized spacial score (nSPS) is 15.3. The van der Waals surface area contributed by atoms with Crippen molar-refractivity contribution >= 4 is 22.6 Å². The van der Waals surface area contributed by atoms with Gasteiger partial charge in [-0.3, -0.25) is 4.99 Å². The van der Waals surface area contributed by atoms with Crippen molar-refractivity contribution in [1.82, 2.24) is 24.6 Å². The minimum absolute atomic E-state index is 0.622. The first-order valence-electron chi connectivity index (χ1n) is 8.75. The lowest BCUT2D eigenvalue weighted by Gasteiger charge is -2.36. The molecule has 3 heterocycles. The van der Waals surface area contributed by atoms with E-state index in [0.717, 1.165) is 55.1 Å². The van der Waals surface area contributed by atoms with E-state index < -0.39 is 0 Å². The summed E-state index contributed by atoms with van der Waals surface area (Å²) < 4.78 is 9.47. The molecule has 2 aromatic heterocycles. The minimum atomic E-state index is 0.622. The van der Waals surface area contributed by atoms with Gasteiger partial charge in [0.2, 0.25) is 11.0 Å². The molecule has 9 heteroatoms. The SMILES string of the molecule is CCc1nsc(N2CCN(C(=NC)NCc3ccc(OC)nc3)CC2)n1. The van der Waals surface area contributed by atoms with E-state index in [2.05, 4.69) is 41.4 Å². The van der Waals surface area contributed by atoms with Gasteiger partial charge in [-0.2, -0.15) is 4.37 Å². The number of rotatable bonds is 5. The molecule has 26 heavy (non-hydrogen) atoms. The van der Waals surface area contributed by atoms with Crippen LogP contribution in [-0.2, 0) is 13.0 Å². The van der Waals surface area contributed by atoms with Gasteiger partial charge in [0.15, 0.2) is 5.96 Å². The van der Waals surface area contributed by atoms with Crippen molar-refractivity contribution < 1.29 is 4.74 Å². The van der Waals surface area contributed by atoms with E-state index in [4.69, 9.17) is 4.74 Å².